The first-order valence-corrected chi connectivity index (χ1v) is 12.5. The Morgan fingerprint density at radius 3 is 2.54 bits per heavy atom. The quantitative estimate of drug-likeness (QED) is 0.429. The van der Waals surface area contributed by atoms with E-state index < -0.39 is 11.9 Å². The molecule has 9 nitrogen and oxygen atoms in total. The Bertz CT molecular complexity index is 1570. The summed E-state index contributed by atoms with van der Waals surface area (Å²) in [5, 5.41) is 37.6. The van der Waals surface area contributed by atoms with Gasteiger partial charge in [-0.3, -0.25) is 9.48 Å². The molecule has 11 heteroatoms. The lowest BCUT2D eigenvalue weighted by Gasteiger charge is -2.32. The highest BCUT2D eigenvalue weighted by atomic mass is 32.2. The van der Waals surface area contributed by atoms with Crippen LogP contribution in [-0.2, 0) is 4.79 Å². The fourth-order valence-electron chi connectivity index (χ4n) is 4.50. The Kier molecular flexibility index (Phi) is 6.66. The summed E-state index contributed by atoms with van der Waals surface area (Å²) in [5.41, 5.74) is 2.87. The van der Waals surface area contributed by atoms with Gasteiger partial charge in [0.15, 0.2) is 0 Å². The first-order valence-electron chi connectivity index (χ1n) is 11.7. The molecule has 0 unspecified atom stereocenters. The Balaban J connectivity index is 1.46. The molecule has 0 bridgehead atoms. The standard InChI is InChI=1S/C26H22FN7O2S/c1-16(35)26(36)32-6-4-22(5-7-32)33-15-20(13-30-33)18-9-24(25-19(11-29)12-31-34(25)14-18)37-23-3-2-21(27)8-17(23)10-28/h2-3,8-9,12-16,22,35H,4-7H2,1H3/t16-/m0/s1. The maximum atomic E-state index is 13.7. The molecule has 0 spiro atoms. The number of likely N-dealkylation sites (tertiary alicyclic amines) is 1. The van der Waals surface area contributed by atoms with Crippen molar-refractivity contribution >= 4 is 23.2 Å². The van der Waals surface area contributed by atoms with Gasteiger partial charge in [0.1, 0.15) is 24.1 Å². The van der Waals surface area contributed by atoms with Crippen molar-refractivity contribution in [1.82, 2.24) is 24.3 Å². The van der Waals surface area contributed by atoms with Crippen LogP contribution in [0.25, 0.3) is 16.6 Å². The van der Waals surface area contributed by atoms with Crippen molar-refractivity contribution in [1.29, 1.82) is 10.5 Å². The van der Waals surface area contributed by atoms with Gasteiger partial charge in [0, 0.05) is 46.4 Å². The SMILES string of the molecule is C[C@H](O)C(=O)N1CCC(n2cc(-c3cc(Sc4ccc(F)cc4C#N)c4c(C#N)cnn4c3)cn2)CC1. The van der Waals surface area contributed by atoms with Gasteiger partial charge in [-0.05, 0) is 44.0 Å². The van der Waals surface area contributed by atoms with Crippen molar-refractivity contribution < 1.29 is 14.3 Å². The van der Waals surface area contributed by atoms with E-state index in [1.54, 1.807) is 21.7 Å². The van der Waals surface area contributed by atoms with Crippen molar-refractivity contribution in [3.8, 4) is 23.3 Å². The Hall–Kier alpha value is -4.19. The van der Waals surface area contributed by atoms with Gasteiger partial charge in [0.05, 0.1) is 35.1 Å². The molecule has 0 saturated carbocycles. The number of rotatable bonds is 5. The fraction of sp³-hybridized carbons (Fsp3) is 0.269. The van der Waals surface area contributed by atoms with Crippen molar-refractivity contribution in [2.45, 2.75) is 41.7 Å². The van der Waals surface area contributed by atoms with Gasteiger partial charge < -0.3 is 10.0 Å². The van der Waals surface area contributed by atoms with Gasteiger partial charge in [-0.1, -0.05) is 11.8 Å². The van der Waals surface area contributed by atoms with Gasteiger partial charge >= 0.3 is 0 Å². The lowest BCUT2D eigenvalue weighted by molar-refractivity contribution is -0.140. The zero-order valence-corrected chi connectivity index (χ0v) is 20.7. The molecule has 1 amide bonds. The van der Waals surface area contributed by atoms with Crippen LogP contribution in [0.4, 0.5) is 4.39 Å². The maximum absolute atomic E-state index is 13.7. The number of piperidine rings is 1. The van der Waals surface area contributed by atoms with Crippen LogP contribution in [0.15, 0.2) is 58.8 Å². The molecule has 1 fully saturated rings. The minimum atomic E-state index is -1.00. The molecule has 3 aromatic heterocycles. The first-order chi connectivity index (χ1) is 17.9. The minimum Gasteiger partial charge on any atom is -0.384 e. The van der Waals surface area contributed by atoms with E-state index in [0.717, 1.165) is 24.0 Å². The molecule has 186 valence electrons. The Morgan fingerprint density at radius 1 is 1.08 bits per heavy atom. The normalized spacial score (nSPS) is 14.9. The summed E-state index contributed by atoms with van der Waals surface area (Å²) in [6.45, 7) is 2.59. The van der Waals surface area contributed by atoms with Crippen LogP contribution in [0.2, 0.25) is 0 Å². The van der Waals surface area contributed by atoms with E-state index in [4.69, 9.17) is 0 Å². The summed E-state index contributed by atoms with van der Waals surface area (Å²) < 4.78 is 17.2. The fourth-order valence-corrected chi connectivity index (χ4v) is 5.57. The highest BCUT2D eigenvalue weighted by Gasteiger charge is 2.26. The van der Waals surface area contributed by atoms with Crippen LogP contribution < -0.4 is 0 Å². The number of nitriles is 2. The summed E-state index contributed by atoms with van der Waals surface area (Å²) in [6, 6.07) is 10.3. The summed E-state index contributed by atoms with van der Waals surface area (Å²) in [6.07, 6.45) is 7.47. The minimum absolute atomic E-state index is 0.122. The van der Waals surface area contributed by atoms with Crippen LogP contribution in [0.5, 0.6) is 0 Å². The number of carbonyl (C=O) groups excluding carboxylic acids is 1. The number of hydrogen-bond donors (Lipinski definition) is 1. The molecule has 5 rings (SSSR count). The van der Waals surface area contributed by atoms with Gasteiger partial charge in [-0.15, -0.1) is 0 Å². The lowest BCUT2D eigenvalue weighted by Crippen LogP contribution is -2.43. The molecule has 1 aromatic carbocycles. The highest BCUT2D eigenvalue weighted by molar-refractivity contribution is 7.99. The molecule has 0 aliphatic carbocycles. The van der Waals surface area contributed by atoms with E-state index in [1.807, 2.05) is 29.2 Å². The zero-order valence-electron chi connectivity index (χ0n) is 19.9. The van der Waals surface area contributed by atoms with Crippen molar-refractivity contribution in [2.24, 2.45) is 0 Å². The summed E-state index contributed by atoms with van der Waals surface area (Å²) in [7, 11) is 0. The van der Waals surface area contributed by atoms with Crippen molar-refractivity contribution in [3.05, 3.63) is 66.0 Å². The van der Waals surface area contributed by atoms with Crippen LogP contribution in [-0.4, -0.2) is 54.5 Å². The van der Waals surface area contributed by atoms with E-state index >= 15 is 0 Å². The summed E-state index contributed by atoms with van der Waals surface area (Å²) in [4.78, 5) is 15.0. The van der Waals surface area contributed by atoms with Gasteiger partial charge in [0.25, 0.3) is 5.91 Å². The average molecular weight is 516 g/mol. The highest BCUT2D eigenvalue weighted by Crippen LogP contribution is 2.37. The third kappa shape index (κ3) is 4.79. The molecule has 1 aliphatic heterocycles. The molecule has 1 saturated heterocycles. The van der Waals surface area contributed by atoms with Gasteiger partial charge in [0.2, 0.25) is 0 Å². The third-order valence-electron chi connectivity index (χ3n) is 6.42. The van der Waals surface area contributed by atoms with Crippen molar-refractivity contribution in [3.63, 3.8) is 0 Å². The predicted octanol–water partition coefficient (Wildman–Crippen LogP) is 3.78. The number of aliphatic hydroxyl groups is 1. The number of aliphatic hydroxyl groups excluding tert-OH is 1. The number of fused-ring (bicyclic) bond motifs is 1. The second-order valence-electron chi connectivity index (χ2n) is 8.85. The molecule has 4 aromatic rings. The second-order valence-corrected chi connectivity index (χ2v) is 9.94. The molecule has 37 heavy (non-hydrogen) atoms. The number of nitrogens with zero attached hydrogens (tertiary/aromatic N) is 7. The zero-order chi connectivity index (χ0) is 26.1. The molecular weight excluding hydrogens is 493 g/mol. The monoisotopic (exact) mass is 515 g/mol. The van der Waals surface area contributed by atoms with Crippen molar-refractivity contribution in [2.75, 3.05) is 13.1 Å². The topological polar surface area (TPSA) is 123 Å². The number of aromatic nitrogens is 4. The van der Waals surface area contributed by atoms with E-state index in [-0.39, 0.29) is 17.5 Å². The number of amides is 1. The third-order valence-corrected chi connectivity index (χ3v) is 7.53. The molecule has 4 heterocycles. The van der Waals surface area contributed by atoms with E-state index in [2.05, 4.69) is 16.3 Å². The molecule has 1 N–H and O–H groups in total. The Labute approximate surface area is 216 Å². The smallest absolute Gasteiger partial charge is 0.251 e. The number of carbonyl (C=O) groups is 1. The molecular formula is C26H22FN7O2S. The summed E-state index contributed by atoms with van der Waals surface area (Å²) >= 11 is 1.27. The molecule has 1 atom stereocenters. The lowest BCUT2D eigenvalue weighted by atomic mass is 10.0. The van der Waals surface area contributed by atoms with Crippen LogP contribution in [0.1, 0.15) is 36.9 Å². The van der Waals surface area contributed by atoms with E-state index in [1.165, 1.54) is 37.0 Å². The van der Waals surface area contributed by atoms with Crippen LogP contribution in [0.3, 0.4) is 0 Å². The number of pyridine rings is 1. The molecule has 1 aliphatic rings. The largest absolute Gasteiger partial charge is 0.384 e. The number of hydrogen-bond acceptors (Lipinski definition) is 7. The Morgan fingerprint density at radius 2 is 1.84 bits per heavy atom. The first kappa shape index (κ1) is 24.5. The maximum Gasteiger partial charge on any atom is 0.251 e. The molecule has 0 radical (unpaired) electrons. The number of benzene rings is 1. The predicted molar refractivity (Wildman–Crippen MR) is 133 cm³/mol. The van der Waals surface area contributed by atoms with Crippen LogP contribution >= 0.6 is 11.8 Å². The number of halogens is 1. The van der Waals surface area contributed by atoms with E-state index in [9.17, 15) is 24.8 Å². The average Bonchev–Trinajstić information content (AvgIpc) is 3.57. The van der Waals surface area contributed by atoms with Crippen LogP contribution in [0, 0.1) is 28.5 Å². The summed E-state index contributed by atoms with van der Waals surface area (Å²) in [5.74, 6) is -0.745. The van der Waals surface area contributed by atoms with Gasteiger partial charge in [-0.2, -0.15) is 20.7 Å². The second kappa shape index (κ2) is 10.1. The van der Waals surface area contributed by atoms with E-state index in [0.29, 0.717) is 34.0 Å². The van der Waals surface area contributed by atoms with Gasteiger partial charge in [-0.25, -0.2) is 8.91 Å².